The highest BCUT2D eigenvalue weighted by molar-refractivity contribution is 9.10. The summed E-state index contributed by atoms with van der Waals surface area (Å²) in [6, 6.07) is 14.0. The first-order valence-corrected chi connectivity index (χ1v) is 8.08. The standard InChI is InChI=1S/C18H14BrFN2O2/c1-11-2-4-12(5-3-11)17-9-16(22-24-17)18(23)21-10-13-6-7-14(19)8-15(13)20/h2-9H,10H2,1H3,(H,21,23). The van der Waals surface area contributed by atoms with Gasteiger partial charge < -0.3 is 9.84 Å². The van der Waals surface area contributed by atoms with E-state index in [0.29, 0.717) is 15.8 Å². The highest BCUT2D eigenvalue weighted by Gasteiger charge is 2.14. The average Bonchev–Trinajstić information content (AvgIpc) is 3.04. The summed E-state index contributed by atoms with van der Waals surface area (Å²) in [7, 11) is 0. The van der Waals surface area contributed by atoms with Gasteiger partial charge in [0.05, 0.1) is 0 Å². The number of halogens is 2. The Labute approximate surface area is 146 Å². The molecule has 0 aliphatic rings. The Morgan fingerprint density at radius 1 is 1.21 bits per heavy atom. The number of hydrogen-bond donors (Lipinski definition) is 1. The molecule has 1 N–H and O–H groups in total. The van der Waals surface area contributed by atoms with Crippen LogP contribution in [-0.4, -0.2) is 11.1 Å². The number of aromatic nitrogens is 1. The third kappa shape index (κ3) is 3.71. The molecule has 0 aliphatic heterocycles. The zero-order valence-electron chi connectivity index (χ0n) is 12.8. The van der Waals surface area contributed by atoms with Gasteiger partial charge in [0.2, 0.25) is 0 Å². The first kappa shape index (κ1) is 16.4. The minimum atomic E-state index is -0.417. The van der Waals surface area contributed by atoms with Crippen molar-refractivity contribution in [3.05, 3.63) is 75.6 Å². The molecule has 4 nitrogen and oxygen atoms in total. The van der Waals surface area contributed by atoms with Gasteiger partial charge in [0, 0.05) is 28.2 Å². The zero-order valence-corrected chi connectivity index (χ0v) is 14.4. The lowest BCUT2D eigenvalue weighted by atomic mass is 10.1. The van der Waals surface area contributed by atoms with Gasteiger partial charge in [-0.05, 0) is 19.1 Å². The fraction of sp³-hybridized carbons (Fsp3) is 0.111. The summed E-state index contributed by atoms with van der Waals surface area (Å²) in [5.74, 6) is -0.292. The molecule has 0 unspecified atom stereocenters. The molecule has 0 fully saturated rings. The van der Waals surface area contributed by atoms with Crippen molar-refractivity contribution in [2.45, 2.75) is 13.5 Å². The zero-order chi connectivity index (χ0) is 17.1. The minimum Gasteiger partial charge on any atom is -0.355 e. The highest BCUT2D eigenvalue weighted by atomic mass is 79.9. The summed E-state index contributed by atoms with van der Waals surface area (Å²) in [5, 5.41) is 6.41. The van der Waals surface area contributed by atoms with Crippen molar-refractivity contribution in [2.75, 3.05) is 0 Å². The molecule has 0 saturated heterocycles. The Bertz CT molecular complexity index is 875. The summed E-state index contributed by atoms with van der Waals surface area (Å²) < 4.78 is 19.6. The van der Waals surface area contributed by atoms with Crippen LogP contribution in [0.3, 0.4) is 0 Å². The molecule has 3 rings (SSSR count). The van der Waals surface area contributed by atoms with Crippen LogP contribution in [0.4, 0.5) is 4.39 Å². The van der Waals surface area contributed by atoms with E-state index in [1.807, 2.05) is 31.2 Å². The van der Waals surface area contributed by atoms with Gasteiger partial charge in [-0.1, -0.05) is 57.0 Å². The topological polar surface area (TPSA) is 55.1 Å². The Kier molecular flexibility index (Phi) is 4.76. The SMILES string of the molecule is Cc1ccc(-c2cc(C(=O)NCc3ccc(Br)cc3F)no2)cc1. The number of aryl methyl sites for hydroxylation is 1. The van der Waals surface area contributed by atoms with Crippen LogP contribution in [0.25, 0.3) is 11.3 Å². The lowest BCUT2D eigenvalue weighted by Gasteiger charge is -2.04. The second-order valence-electron chi connectivity index (χ2n) is 5.36. The monoisotopic (exact) mass is 388 g/mol. The molecule has 1 heterocycles. The number of nitrogens with zero attached hydrogens (tertiary/aromatic N) is 1. The third-order valence-electron chi connectivity index (χ3n) is 3.53. The van der Waals surface area contributed by atoms with E-state index in [1.54, 1.807) is 18.2 Å². The number of hydrogen-bond acceptors (Lipinski definition) is 3. The largest absolute Gasteiger partial charge is 0.355 e. The van der Waals surface area contributed by atoms with E-state index in [9.17, 15) is 9.18 Å². The van der Waals surface area contributed by atoms with Gasteiger partial charge in [-0.25, -0.2) is 4.39 Å². The molecule has 1 aromatic heterocycles. The fourth-order valence-corrected chi connectivity index (χ4v) is 2.50. The van der Waals surface area contributed by atoms with Gasteiger partial charge in [0.25, 0.3) is 5.91 Å². The molecule has 0 spiro atoms. The van der Waals surface area contributed by atoms with Crippen LogP contribution in [0, 0.1) is 12.7 Å². The van der Waals surface area contributed by atoms with E-state index in [1.165, 1.54) is 6.07 Å². The molecule has 24 heavy (non-hydrogen) atoms. The molecule has 0 saturated carbocycles. The van der Waals surface area contributed by atoms with Crippen LogP contribution in [0.15, 0.2) is 57.5 Å². The summed E-state index contributed by atoms with van der Waals surface area (Å²) in [4.78, 5) is 12.1. The number of carbonyl (C=O) groups is 1. The van der Waals surface area contributed by atoms with Crippen molar-refractivity contribution >= 4 is 21.8 Å². The maximum absolute atomic E-state index is 13.7. The second-order valence-corrected chi connectivity index (χ2v) is 6.28. The maximum atomic E-state index is 13.7. The number of carbonyl (C=O) groups excluding carboxylic acids is 1. The van der Waals surface area contributed by atoms with Crippen LogP contribution in [0.1, 0.15) is 21.6 Å². The highest BCUT2D eigenvalue weighted by Crippen LogP contribution is 2.21. The predicted octanol–water partition coefficient (Wildman–Crippen LogP) is 4.48. The number of amides is 1. The first-order chi connectivity index (χ1) is 11.5. The van der Waals surface area contributed by atoms with Crippen LogP contribution in [0.2, 0.25) is 0 Å². The molecular formula is C18H14BrFN2O2. The van der Waals surface area contributed by atoms with Crippen molar-refractivity contribution in [3.8, 4) is 11.3 Å². The predicted molar refractivity (Wildman–Crippen MR) is 91.9 cm³/mol. The minimum absolute atomic E-state index is 0.0741. The summed E-state index contributed by atoms with van der Waals surface area (Å²) in [5.41, 5.74) is 2.52. The summed E-state index contributed by atoms with van der Waals surface area (Å²) >= 11 is 3.19. The normalized spacial score (nSPS) is 10.6. The van der Waals surface area contributed by atoms with Crippen LogP contribution >= 0.6 is 15.9 Å². The maximum Gasteiger partial charge on any atom is 0.273 e. The van der Waals surface area contributed by atoms with Crippen LogP contribution in [0.5, 0.6) is 0 Å². The van der Waals surface area contributed by atoms with Crippen LogP contribution in [-0.2, 0) is 6.54 Å². The Balaban J connectivity index is 1.68. The quantitative estimate of drug-likeness (QED) is 0.716. The summed E-state index contributed by atoms with van der Waals surface area (Å²) in [6.45, 7) is 2.06. The van der Waals surface area contributed by atoms with Gasteiger partial charge in [-0.3, -0.25) is 4.79 Å². The fourth-order valence-electron chi connectivity index (χ4n) is 2.17. The van der Waals surface area contributed by atoms with E-state index in [2.05, 4.69) is 26.4 Å². The second kappa shape index (κ2) is 6.97. The van der Waals surface area contributed by atoms with E-state index >= 15 is 0 Å². The molecule has 0 radical (unpaired) electrons. The van der Waals surface area contributed by atoms with Gasteiger partial charge in [-0.15, -0.1) is 0 Å². The summed E-state index contributed by atoms with van der Waals surface area (Å²) in [6.07, 6.45) is 0. The van der Waals surface area contributed by atoms with E-state index in [-0.39, 0.29) is 18.1 Å². The van der Waals surface area contributed by atoms with E-state index < -0.39 is 5.91 Å². The average molecular weight is 389 g/mol. The lowest BCUT2D eigenvalue weighted by Crippen LogP contribution is -2.23. The Morgan fingerprint density at radius 3 is 2.67 bits per heavy atom. The molecule has 3 aromatic rings. The number of benzene rings is 2. The molecule has 6 heteroatoms. The molecule has 122 valence electrons. The number of nitrogens with one attached hydrogen (secondary N) is 1. The van der Waals surface area contributed by atoms with E-state index in [4.69, 9.17) is 4.52 Å². The van der Waals surface area contributed by atoms with Crippen molar-refractivity contribution in [3.63, 3.8) is 0 Å². The molecule has 2 aromatic carbocycles. The van der Waals surface area contributed by atoms with Gasteiger partial charge in [0.15, 0.2) is 11.5 Å². The van der Waals surface area contributed by atoms with Crippen LogP contribution < -0.4 is 5.32 Å². The third-order valence-corrected chi connectivity index (χ3v) is 4.03. The molecule has 0 bridgehead atoms. The Hall–Kier alpha value is -2.47. The Morgan fingerprint density at radius 2 is 1.96 bits per heavy atom. The van der Waals surface area contributed by atoms with Gasteiger partial charge in [-0.2, -0.15) is 0 Å². The van der Waals surface area contributed by atoms with Gasteiger partial charge >= 0.3 is 0 Å². The molecule has 0 aliphatic carbocycles. The lowest BCUT2D eigenvalue weighted by molar-refractivity contribution is 0.0941. The van der Waals surface area contributed by atoms with Crippen molar-refractivity contribution in [1.82, 2.24) is 10.5 Å². The first-order valence-electron chi connectivity index (χ1n) is 7.29. The smallest absolute Gasteiger partial charge is 0.273 e. The van der Waals surface area contributed by atoms with Gasteiger partial charge in [0.1, 0.15) is 5.82 Å². The van der Waals surface area contributed by atoms with Crippen molar-refractivity contribution < 1.29 is 13.7 Å². The molecular weight excluding hydrogens is 375 g/mol. The van der Waals surface area contributed by atoms with E-state index in [0.717, 1.165) is 11.1 Å². The molecule has 1 amide bonds. The number of rotatable bonds is 4. The van der Waals surface area contributed by atoms with Crippen molar-refractivity contribution in [1.29, 1.82) is 0 Å². The molecule has 0 atom stereocenters. The van der Waals surface area contributed by atoms with Crippen molar-refractivity contribution in [2.24, 2.45) is 0 Å².